The third-order valence-corrected chi connectivity index (χ3v) is 5.34. The van der Waals surface area contributed by atoms with Gasteiger partial charge in [0.1, 0.15) is 0 Å². The molecule has 2 aromatic carbocycles. The van der Waals surface area contributed by atoms with E-state index in [9.17, 15) is 14.4 Å². The number of rotatable bonds is 5. The first-order valence-electron chi connectivity index (χ1n) is 10.0. The van der Waals surface area contributed by atoms with Gasteiger partial charge in [0.05, 0.1) is 24.0 Å². The lowest BCUT2D eigenvalue weighted by Crippen LogP contribution is -2.48. The largest absolute Gasteiger partial charge is 0.325 e. The van der Waals surface area contributed by atoms with Crippen molar-refractivity contribution >= 4 is 34.8 Å². The molecule has 0 aromatic heterocycles. The molecule has 0 bridgehead atoms. The van der Waals surface area contributed by atoms with Crippen LogP contribution in [0.5, 0.6) is 0 Å². The zero-order valence-corrected chi connectivity index (χ0v) is 17.8. The van der Waals surface area contributed by atoms with Crippen molar-refractivity contribution in [2.75, 3.05) is 29.1 Å². The first-order valence-corrected chi connectivity index (χ1v) is 10.0. The van der Waals surface area contributed by atoms with Crippen molar-refractivity contribution in [3.8, 4) is 0 Å². The fourth-order valence-corrected chi connectivity index (χ4v) is 3.56. The van der Waals surface area contributed by atoms with Gasteiger partial charge in [0.25, 0.3) is 0 Å². The molecule has 1 aliphatic heterocycles. The molecule has 0 radical (unpaired) electrons. The van der Waals surface area contributed by atoms with E-state index in [4.69, 9.17) is 0 Å². The number of likely N-dealkylation sites (N-methyl/N-ethyl adjacent to an activating group) is 1. The SMILES string of the molecule is Cc1cccc(NC(=O)[C@@H](C)N(C)CC(=O)N2c3ccccc3NC(=O)C[C@H]2C)c1. The monoisotopic (exact) mass is 408 g/mol. The molecule has 2 N–H and O–H groups in total. The molecule has 158 valence electrons. The number of hydrogen-bond donors (Lipinski definition) is 2. The highest BCUT2D eigenvalue weighted by molar-refractivity contribution is 6.05. The van der Waals surface area contributed by atoms with Crippen LogP contribution in [0, 0.1) is 6.92 Å². The molecule has 2 atom stereocenters. The van der Waals surface area contributed by atoms with Gasteiger partial charge in [-0.3, -0.25) is 19.3 Å². The van der Waals surface area contributed by atoms with Crippen LogP contribution in [0.3, 0.4) is 0 Å². The first-order chi connectivity index (χ1) is 14.3. The molecule has 1 heterocycles. The second-order valence-corrected chi connectivity index (χ2v) is 7.83. The van der Waals surface area contributed by atoms with Crippen molar-refractivity contribution in [3.05, 3.63) is 54.1 Å². The molecular formula is C23H28N4O3. The lowest BCUT2D eigenvalue weighted by Gasteiger charge is -2.31. The van der Waals surface area contributed by atoms with Crippen molar-refractivity contribution in [2.24, 2.45) is 0 Å². The van der Waals surface area contributed by atoms with Crippen molar-refractivity contribution in [2.45, 2.75) is 39.3 Å². The number of para-hydroxylation sites is 2. The second-order valence-electron chi connectivity index (χ2n) is 7.83. The van der Waals surface area contributed by atoms with Crippen LogP contribution in [0.25, 0.3) is 0 Å². The Morgan fingerprint density at radius 1 is 1.23 bits per heavy atom. The van der Waals surface area contributed by atoms with E-state index in [0.717, 1.165) is 11.3 Å². The van der Waals surface area contributed by atoms with Crippen LogP contribution in [0.2, 0.25) is 0 Å². The summed E-state index contributed by atoms with van der Waals surface area (Å²) >= 11 is 0. The molecular weight excluding hydrogens is 380 g/mol. The molecule has 0 unspecified atom stereocenters. The second kappa shape index (κ2) is 9.09. The van der Waals surface area contributed by atoms with Crippen LogP contribution >= 0.6 is 0 Å². The van der Waals surface area contributed by atoms with E-state index in [2.05, 4.69) is 10.6 Å². The van der Waals surface area contributed by atoms with Crippen molar-refractivity contribution < 1.29 is 14.4 Å². The number of amides is 3. The molecule has 3 rings (SSSR count). The van der Waals surface area contributed by atoms with E-state index in [-0.39, 0.29) is 36.7 Å². The highest BCUT2D eigenvalue weighted by Crippen LogP contribution is 2.31. The molecule has 0 saturated carbocycles. The van der Waals surface area contributed by atoms with Gasteiger partial charge in [-0.2, -0.15) is 0 Å². The third kappa shape index (κ3) is 4.86. The fourth-order valence-electron chi connectivity index (χ4n) is 3.56. The van der Waals surface area contributed by atoms with Crippen LogP contribution in [0.15, 0.2) is 48.5 Å². The van der Waals surface area contributed by atoms with Gasteiger partial charge in [0.2, 0.25) is 17.7 Å². The average molecular weight is 409 g/mol. The number of fused-ring (bicyclic) bond motifs is 1. The minimum atomic E-state index is -0.508. The number of nitrogens with zero attached hydrogens (tertiary/aromatic N) is 2. The van der Waals surface area contributed by atoms with E-state index < -0.39 is 6.04 Å². The minimum absolute atomic E-state index is 0.0509. The van der Waals surface area contributed by atoms with E-state index in [1.807, 2.05) is 56.3 Å². The molecule has 0 aliphatic carbocycles. The molecule has 2 aromatic rings. The van der Waals surface area contributed by atoms with E-state index in [0.29, 0.717) is 11.4 Å². The van der Waals surface area contributed by atoms with Crippen LogP contribution < -0.4 is 15.5 Å². The van der Waals surface area contributed by atoms with Gasteiger partial charge in [0.15, 0.2) is 0 Å². The molecule has 30 heavy (non-hydrogen) atoms. The maximum atomic E-state index is 13.2. The zero-order valence-electron chi connectivity index (χ0n) is 17.8. The van der Waals surface area contributed by atoms with E-state index in [1.165, 1.54) is 0 Å². The van der Waals surface area contributed by atoms with Gasteiger partial charge in [0, 0.05) is 18.2 Å². The Morgan fingerprint density at radius 3 is 2.70 bits per heavy atom. The summed E-state index contributed by atoms with van der Waals surface area (Å²) in [4.78, 5) is 41.3. The number of hydrogen-bond acceptors (Lipinski definition) is 4. The molecule has 7 nitrogen and oxygen atoms in total. The maximum Gasteiger partial charge on any atom is 0.241 e. The quantitative estimate of drug-likeness (QED) is 0.797. The smallest absolute Gasteiger partial charge is 0.241 e. The van der Waals surface area contributed by atoms with Crippen molar-refractivity contribution in [1.29, 1.82) is 0 Å². The summed E-state index contributed by atoms with van der Waals surface area (Å²) in [7, 11) is 1.75. The number of carbonyl (C=O) groups is 3. The normalized spacial score (nSPS) is 17.0. The Labute approximate surface area is 177 Å². The Morgan fingerprint density at radius 2 is 1.97 bits per heavy atom. The number of carbonyl (C=O) groups excluding carboxylic acids is 3. The Bertz CT molecular complexity index is 959. The van der Waals surface area contributed by atoms with Crippen LogP contribution in [0.4, 0.5) is 17.1 Å². The van der Waals surface area contributed by atoms with Crippen LogP contribution in [-0.4, -0.2) is 48.3 Å². The van der Waals surface area contributed by atoms with Gasteiger partial charge in [-0.25, -0.2) is 0 Å². The number of anilines is 3. The van der Waals surface area contributed by atoms with Gasteiger partial charge >= 0.3 is 0 Å². The summed E-state index contributed by atoms with van der Waals surface area (Å²) in [5.41, 5.74) is 3.08. The maximum absolute atomic E-state index is 13.2. The van der Waals surface area contributed by atoms with Gasteiger partial charge in [-0.15, -0.1) is 0 Å². The predicted octanol–water partition coefficient (Wildman–Crippen LogP) is 3.02. The summed E-state index contributed by atoms with van der Waals surface area (Å²) in [5.74, 6) is -0.467. The molecule has 0 spiro atoms. The average Bonchev–Trinajstić information content (AvgIpc) is 2.81. The lowest BCUT2D eigenvalue weighted by molar-refractivity contribution is -0.123. The Hall–Kier alpha value is -3.19. The minimum Gasteiger partial charge on any atom is -0.325 e. The van der Waals surface area contributed by atoms with Gasteiger partial charge < -0.3 is 15.5 Å². The van der Waals surface area contributed by atoms with Crippen LogP contribution in [0.1, 0.15) is 25.8 Å². The topological polar surface area (TPSA) is 81.8 Å². The van der Waals surface area contributed by atoms with Gasteiger partial charge in [-0.05, 0) is 57.6 Å². The number of aryl methyl sites for hydroxylation is 1. The number of benzene rings is 2. The fraction of sp³-hybridized carbons (Fsp3) is 0.348. The summed E-state index contributed by atoms with van der Waals surface area (Å²) in [5, 5.41) is 5.75. The molecule has 3 amide bonds. The van der Waals surface area contributed by atoms with Gasteiger partial charge in [-0.1, -0.05) is 24.3 Å². The summed E-state index contributed by atoms with van der Waals surface area (Å²) < 4.78 is 0. The molecule has 7 heteroatoms. The Kier molecular flexibility index (Phi) is 6.52. The summed E-state index contributed by atoms with van der Waals surface area (Å²) in [6.07, 6.45) is 0.216. The zero-order chi connectivity index (χ0) is 21.8. The number of nitrogens with one attached hydrogen (secondary N) is 2. The standard InChI is InChI=1S/C23H28N4O3/c1-15-8-7-9-18(12-15)24-23(30)17(3)26(4)14-22(29)27-16(2)13-21(28)25-19-10-5-6-11-20(19)27/h5-12,16-17H,13-14H2,1-4H3,(H,24,30)(H,25,28)/t16-,17-/m1/s1. The molecule has 1 aliphatic rings. The Balaban J connectivity index is 1.71. The lowest BCUT2D eigenvalue weighted by atomic mass is 10.1. The molecule has 0 saturated heterocycles. The summed E-state index contributed by atoms with van der Waals surface area (Å²) in [6.45, 7) is 5.63. The molecule has 0 fully saturated rings. The summed E-state index contributed by atoms with van der Waals surface area (Å²) in [6, 6.07) is 14.1. The van der Waals surface area contributed by atoms with Crippen molar-refractivity contribution in [3.63, 3.8) is 0 Å². The highest BCUT2D eigenvalue weighted by Gasteiger charge is 2.31. The first kappa shape index (κ1) is 21.5. The van der Waals surface area contributed by atoms with Crippen molar-refractivity contribution in [1.82, 2.24) is 4.90 Å². The highest BCUT2D eigenvalue weighted by atomic mass is 16.2. The predicted molar refractivity (Wildman–Crippen MR) is 119 cm³/mol. The van der Waals surface area contributed by atoms with E-state index in [1.54, 1.807) is 29.8 Å². The van der Waals surface area contributed by atoms with E-state index >= 15 is 0 Å². The van der Waals surface area contributed by atoms with Crippen LogP contribution in [-0.2, 0) is 14.4 Å². The third-order valence-electron chi connectivity index (χ3n) is 5.34.